The summed E-state index contributed by atoms with van der Waals surface area (Å²) < 4.78 is 0. The summed E-state index contributed by atoms with van der Waals surface area (Å²) in [6.07, 6.45) is 0.229. The maximum Gasteiger partial charge on any atom is 0.262 e. The minimum Gasteiger partial charge on any atom is -0.320 e. The Kier molecular flexibility index (Phi) is 5.02. The maximum atomic E-state index is 12.5. The van der Waals surface area contributed by atoms with Gasteiger partial charge in [-0.3, -0.25) is 29.4 Å². The second-order valence-electron chi connectivity index (χ2n) is 5.21. The molecule has 124 valence electrons. The Morgan fingerprint density at radius 3 is 2.54 bits per heavy atom. The zero-order chi connectivity index (χ0) is 16.6. The molecule has 8 heteroatoms. The first-order valence-corrected chi connectivity index (χ1v) is 7.07. The summed E-state index contributed by atoms with van der Waals surface area (Å²) in [6, 6.07) is 3.70. The van der Waals surface area contributed by atoms with Gasteiger partial charge in [0.1, 0.15) is 6.04 Å². The molecule has 1 unspecified atom stereocenters. The van der Waals surface area contributed by atoms with E-state index >= 15 is 0 Å². The first kappa shape index (κ1) is 17.7. The van der Waals surface area contributed by atoms with Crippen molar-refractivity contribution in [2.75, 3.05) is 6.54 Å². The lowest BCUT2D eigenvalue weighted by Gasteiger charge is -2.27. The van der Waals surface area contributed by atoms with Crippen molar-refractivity contribution in [2.24, 2.45) is 5.73 Å². The molecule has 3 N–H and O–H groups in total. The number of nitrogens with two attached hydrogens (primary N) is 1. The average Bonchev–Trinajstić information content (AvgIpc) is 2.77. The van der Waals surface area contributed by atoms with E-state index < -0.39 is 29.7 Å². The van der Waals surface area contributed by atoms with E-state index in [2.05, 4.69) is 17.2 Å². The normalized spacial score (nSPS) is 19.2. The summed E-state index contributed by atoms with van der Waals surface area (Å²) in [7, 11) is 0. The van der Waals surface area contributed by atoms with Gasteiger partial charge in [0.25, 0.3) is 11.8 Å². The summed E-state index contributed by atoms with van der Waals surface area (Å²) in [5, 5.41) is 2.15. The first-order chi connectivity index (χ1) is 11.0. The van der Waals surface area contributed by atoms with Crippen molar-refractivity contribution >= 4 is 36.0 Å². The number of fused-ring (bicyclic) bond motifs is 1. The van der Waals surface area contributed by atoms with Gasteiger partial charge in [-0.1, -0.05) is 11.8 Å². The standard InChI is InChI=1S/C16H13N3O4.ClH/c17-7-1-2-9-3-4-10-11(8-9)16(23)19(15(10)22)12-5-6-13(20)18-14(12)21;/h3-4,8,12H,5-7,17H2,(H,18,20,21);1H. The molecule has 24 heavy (non-hydrogen) atoms. The molecule has 4 amide bonds. The number of hydrogen-bond acceptors (Lipinski definition) is 5. The second kappa shape index (κ2) is 6.83. The van der Waals surface area contributed by atoms with Crippen molar-refractivity contribution in [3.63, 3.8) is 0 Å². The highest BCUT2D eigenvalue weighted by atomic mass is 35.5. The molecule has 0 spiro atoms. The van der Waals surface area contributed by atoms with E-state index in [9.17, 15) is 19.2 Å². The van der Waals surface area contributed by atoms with E-state index in [1.807, 2.05) is 0 Å². The van der Waals surface area contributed by atoms with Gasteiger partial charge in [0.15, 0.2) is 0 Å². The minimum atomic E-state index is -0.960. The van der Waals surface area contributed by atoms with Crippen molar-refractivity contribution in [1.82, 2.24) is 10.2 Å². The number of benzene rings is 1. The molecule has 0 saturated carbocycles. The van der Waals surface area contributed by atoms with Crippen LogP contribution in [0.4, 0.5) is 0 Å². The van der Waals surface area contributed by atoms with Crippen molar-refractivity contribution in [1.29, 1.82) is 0 Å². The predicted molar refractivity (Wildman–Crippen MR) is 86.3 cm³/mol. The van der Waals surface area contributed by atoms with Gasteiger partial charge in [-0.05, 0) is 24.6 Å². The number of hydrogen-bond donors (Lipinski definition) is 2. The molecule has 0 radical (unpaired) electrons. The number of halogens is 1. The molecular weight excluding hydrogens is 334 g/mol. The lowest BCUT2D eigenvalue weighted by atomic mass is 10.0. The molecule has 1 atom stereocenters. The van der Waals surface area contributed by atoms with E-state index in [0.29, 0.717) is 5.56 Å². The summed E-state index contributed by atoms with van der Waals surface area (Å²) >= 11 is 0. The van der Waals surface area contributed by atoms with Gasteiger partial charge >= 0.3 is 0 Å². The third-order valence-corrected chi connectivity index (χ3v) is 3.77. The van der Waals surface area contributed by atoms with Crippen LogP contribution in [0.5, 0.6) is 0 Å². The largest absolute Gasteiger partial charge is 0.320 e. The number of amides is 4. The topological polar surface area (TPSA) is 110 Å². The zero-order valence-electron chi connectivity index (χ0n) is 12.5. The third-order valence-electron chi connectivity index (χ3n) is 3.77. The molecule has 0 aliphatic carbocycles. The fraction of sp³-hybridized carbons (Fsp3) is 0.250. The molecule has 2 aliphatic heterocycles. The smallest absolute Gasteiger partial charge is 0.262 e. The summed E-state index contributed by atoms with van der Waals surface area (Å²) in [5.41, 5.74) is 6.33. The van der Waals surface area contributed by atoms with Crippen molar-refractivity contribution in [3.8, 4) is 11.8 Å². The van der Waals surface area contributed by atoms with E-state index in [-0.39, 0.29) is 42.9 Å². The summed E-state index contributed by atoms with van der Waals surface area (Å²) in [6.45, 7) is 0.187. The highest BCUT2D eigenvalue weighted by Crippen LogP contribution is 2.28. The fourth-order valence-corrected chi connectivity index (χ4v) is 2.70. The Morgan fingerprint density at radius 1 is 1.17 bits per heavy atom. The Morgan fingerprint density at radius 2 is 1.88 bits per heavy atom. The second-order valence-corrected chi connectivity index (χ2v) is 5.21. The van der Waals surface area contributed by atoms with Gasteiger partial charge in [0.05, 0.1) is 17.7 Å². The molecule has 0 aromatic heterocycles. The van der Waals surface area contributed by atoms with Crippen molar-refractivity contribution < 1.29 is 19.2 Å². The summed E-state index contributed by atoms with van der Waals surface area (Å²) in [4.78, 5) is 49.0. The Balaban J connectivity index is 0.00000208. The Bertz CT molecular complexity index is 809. The van der Waals surface area contributed by atoms with Crippen LogP contribution >= 0.6 is 12.4 Å². The van der Waals surface area contributed by atoms with Crippen LogP contribution in [-0.4, -0.2) is 41.1 Å². The Labute approximate surface area is 144 Å². The van der Waals surface area contributed by atoms with Crippen LogP contribution in [0.15, 0.2) is 18.2 Å². The van der Waals surface area contributed by atoms with E-state index in [1.165, 1.54) is 12.1 Å². The predicted octanol–water partition coefficient (Wildman–Crippen LogP) is -0.180. The van der Waals surface area contributed by atoms with E-state index in [1.54, 1.807) is 6.07 Å². The molecule has 1 saturated heterocycles. The quantitative estimate of drug-likeness (QED) is 0.541. The van der Waals surface area contributed by atoms with Crippen LogP contribution in [0.1, 0.15) is 39.1 Å². The van der Waals surface area contributed by atoms with Gasteiger partial charge < -0.3 is 5.73 Å². The number of nitrogens with zero attached hydrogens (tertiary/aromatic N) is 1. The summed E-state index contributed by atoms with van der Waals surface area (Å²) in [5.74, 6) is 3.37. The lowest BCUT2D eigenvalue weighted by molar-refractivity contribution is -0.136. The number of nitrogens with one attached hydrogen (secondary N) is 1. The lowest BCUT2D eigenvalue weighted by Crippen LogP contribution is -2.54. The van der Waals surface area contributed by atoms with Crippen molar-refractivity contribution in [2.45, 2.75) is 18.9 Å². The molecule has 1 aromatic carbocycles. The average molecular weight is 348 g/mol. The first-order valence-electron chi connectivity index (χ1n) is 7.07. The highest BCUT2D eigenvalue weighted by Gasteiger charge is 2.44. The number of carbonyl (C=O) groups is 4. The van der Waals surface area contributed by atoms with Crippen LogP contribution in [-0.2, 0) is 9.59 Å². The SMILES string of the molecule is Cl.NCC#Cc1ccc2c(c1)C(=O)N(C1CCC(=O)NC1=O)C2=O. The van der Waals surface area contributed by atoms with E-state index in [4.69, 9.17) is 5.73 Å². The molecule has 7 nitrogen and oxygen atoms in total. The number of piperidine rings is 1. The van der Waals surface area contributed by atoms with Crippen molar-refractivity contribution in [3.05, 3.63) is 34.9 Å². The van der Waals surface area contributed by atoms with Gasteiger partial charge in [-0.15, -0.1) is 12.4 Å². The molecule has 2 heterocycles. The highest BCUT2D eigenvalue weighted by molar-refractivity contribution is 6.23. The van der Waals surface area contributed by atoms with Crippen LogP contribution in [0.25, 0.3) is 0 Å². The molecule has 3 rings (SSSR count). The zero-order valence-corrected chi connectivity index (χ0v) is 13.3. The maximum absolute atomic E-state index is 12.5. The number of rotatable bonds is 1. The van der Waals surface area contributed by atoms with E-state index in [0.717, 1.165) is 4.90 Å². The molecule has 0 bridgehead atoms. The van der Waals surface area contributed by atoms with Gasteiger partial charge in [-0.25, -0.2) is 0 Å². The minimum absolute atomic E-state index is 0. The number of carbonyl (C=O) groups excluding carboxylic acids is 4. The van der Waals surface area contributed by atoms with Crippen LogP contribution in [0.2, 0.25) is 0 Å². The van der Waals surface area contributed by atoms with Gasteiger partial charge in [0, 0.05) is 12.0 Å². The third kappa shape index (κ3) is 2.89. The molecule has 2 aliphatic rings. The van der Waals surface area contributed by atoms with Gasteiger partial charge in [-0.2, -0.15) is 0 Å². The monoisotopic (exact) mass is 347 g/mol. The number of imide groups is 2. The Hall–Kier alpha value is -2.69. The van der Waals surface area contributed by atoms with Crippen LogP contribution < -0.4 is 11.1 Å². The molecular formula is C16H14ClN3O4. The molecule has 1 fully saturated rings. The van der Waals surface area contributed by atoms with Crippen LogP contribution in [0.3, 0.4) is 0 Å². The fourth-order valence-electron chi connectivity index (χ4n) is 2.70. The van der Waals surface area contributed by atoms with Crippen LogP contribution in [0, 0.1) is 11.8 Å². The van der Waals surface area contributed by atoms with Gasteiger partial charge in [0.2, 0.25) is 11.8 Å². The molecule has 1 aromatic rings.